The number of allylic oxidation sites excluding steroid dienone is 1. The first-order valence-electron chi connectivity index (χ1n) is 20.9. The van der Waals surface area contributed by atoms with E-state index in [1.165, 1.54) is 95.2 Å². The monoisotopic (exact) mass is 914 g/mol. The van der Waals surface area contributed by atoms with Crippen LogP contribution in [0.5, 0.6) is 0 Å². The average molecular weight is 917 g/mol. The van der Waals surface area contributed by atoms with Gasteiger partial charge < -0.3 is 10.4 Å². The number of carboxylic acids is 1. The first-order valence-corrected chi connectivity index (χ1v) is 23.9. The van der Waals surface area contributed by atoms with Crippen LogP contribution < -0.4 is 15.8 Å². The number of carbonyl (C=O) groups excluding carboxylic acids is 1. The van der Waals surface area contributed by atoms with Gasteiger partial charge in [0.2, 0.25) is 5.25 Å². The normalized spacial score (nSPS) is 15.2. The van der Waals surface area contributed by atoms with Gasteiger partial charge in [0.05, 0.1) is 32.1 Å². The standard InChI is InChI=1S/C46H54Cl4N4O5S/c1-2-3-4-5-6-7-8-9-10-11-12-13-14-15-16-20-32(27-42(55)56)31-51-35-25-26-37(48)40(30-35)52-45-44(46(57)54(53-45)43-38(49)28-34(47)29-39(43)50)60(58,59)41-24-19-22-33-21-17-18-23-36(33)41/h17-26,28-30,44,51H,2-16,27,31H2,1H3,(H,52,53)(H,55,56). The minimum absolute atomic E-state index is 0.00407. The number of nitrogens with one attached hydrogen (secondary N) is 2. The van der Waals surface area contributed by atoms with E-state index < -0.39 is 27.0 Å². The number of hydrogen-bond donors (Lipinski definition) is 3. The van der Waals surface area contributed by atoms with Crippen LogP contribution >= 0.6 is 46.4 Å². The molecule has 0 spiro atoms. The molecule has 1 aliphatic heterocycles. The SMILES string of the molecule is CCCCCCCCCCCCCCCCC=C(CNc1ccc(Cl)c(N=C2NN(c3c(Cl)cc(Cl)cc3Cl)C(=O)C2S(=O)(=O)c2cccc3ccccc23)c1)CC(=O)O. The van der Waals surface area contributed by atoms with Crippen molar-refractivity contribution in [1.82, 2.24) is 5.43 Å². The number of nitrogens with zero attached hydrogens (tertiary/aromatic N) is 2. The molecule has 1 amide bonds. The number of fused-ring (bicyclic) bond motifs is 1. The smallest absolute Gasteiger partial charge is 0.307 e. The van der Waals surface area contributed by atoms with Gasteiger partial charge in [0.1, 0.15) is 11.5 Å². The van der Waals surface area contributed by atoms with E-state index in [1.807, 2.05) is 6.08 Å². The Bertz CT molecular complexity index is 2260. The summed E-state index contributed by atoms with van der Waals surface area (Å²) in [5.41, 5.74) is 4.31. The molecule has 0 radical (unpaired) electrons. The lowest BCUT2D eigenvalue weighted by Gasteiger charge is -2.19. The molecule has 3 N–H and O–H groups in total. The van der Waals surface area contributed by atoms with Crippen LogP contribution in [0.15, 0.2) is 94.3 Å². The largest absolute Gasteiger partial charge is 0.481 e. The molecule has 322 valence electrons. The number of aliphatic imine (C=N–C) groups is 1. The number of carboxylic acid groups (broad SMARTS) is 1. The summed E-state index contributed by atoms with van der Waals surface area (Å²) in [6.07, 6.45) is 20.5. The van der Waals surface area contributed by atoms with Crippen LogP contribution in [0.1, 0.15) is 110 Å². The Balaban J connectivity index is 1.27. The Morgan fingerprint density at radius 1 is 0.800 bits per heavy atom. The first kappa shape index (κ1) is 47.3. The maximum absolute atomic E-state index is 14.6. The number of aliphatic carboxylic acids is 1. The van der Waals surface area contributed by atoms with Gasteiger partial charge in [0, 0.05) is 22.6 Å². The third-order valence-corrected chi connectivity index (χ3v) is 13.7. The van der Waals surface area contributed by atoms with Crippen molar-refractivity contribution in [1.29, 1.82) is 0 Å². The van der Waals surface area contributed by atoms with Crippen molar-refractivity contribution in [2.75, 3.05) is 16.9 Å². The number of hydrazine groups is 1. The van der Waals surface area contributed by atoms with Gasteiger partial charge in [-0.2, -0.15) is 0 Å². The summed E-state index contributed by atoms with van der Waals surface area (Å²) < 4.78 is 29.1. The van der Waals surface area contributed by atoms with Crippen molar-refractivity contribution in [2.45, 2.75) is 120 Å². The number of rotatable bonds is 24. The summed E-state index contributed by atoms with van der Waals surface area (Å²) in [6, 6.07) is 19.5. The van der Waals surface area contributed by atoms with E-state index >= 15 is 0 Å². The molecule has 60 heavy (non-hydrogen) atoms. The molecular formula is C46H54Cl4N4O5S. The van der Waals surface area contributed by atoms with E-state index in [1.54, 1.807) is 54.6 Å². The zero-order valence-electron chi connectivity index (χ0n) is 34.0. The van der Waals surface area contributed by atoms with Crippen molar-refractivity contribution in [3.63, 3.8) is 0 Å². The Morgan fingerprint density at radius 3 is 2.03 bits per heavy atom. The molecule has 0 aromatic heterocycles. The molecule has 1 saturated heterocycles. The second kappa shape index (κ2) is 23.4. The first-order chi connectivity index (χ1) is 28.9. The molecule has 1 atom stereocenters. The van der Waals surface area contributed by atoms with Crippen molar-refractivity contribution < 1.29 is 23.1 Å². The molecule has 1 heterocycles. The van der Waals surface area contributed by atoms with E-state index in [9.17, 15) is 23.1 Å². The van der Waals surface area contributed by atoms with Gasteiger partial charge in [-0.05, 0) is 60.2 Å². The number of anilines is 2. The Morgan fingerprint density at radius 2 is 1.40 bits per heavy atom. The van der Waals surface area contributed by atoms with Crippen LogP contribution in [0.2, 0.25) is 20.1 Å². The summed E-state index contributed by atoms with van der Waals surface area (Å²) in [5, 5.41) is 13.6. The highest BCUT2D eigenvalue weighted by Gasteiger charge is 2.49. The Hall–Kier alpha value is -3.80. The molecule has 1 unspecified atom stereocenters. The van der Waals surface area contributed by atoms with Gasteiger partial charge in [-0.25, -0.2) is 18.4 Å². The number of carbonyl (C=O) groups is 2. The maximum Gasteiger partial charge on any atom is 0.307 e. The molecule has 4 aromatic rings. The molecule has 1 aliphatic rings. The highest BCUT2D eigenvalue weighted by atomic mass is 35.5. The number of sulfone groups is 1. The molecule has 5 rings (SSSR count). The van der Waals surface area contributed by atoms with E-state index in [2.05, 4.69) is 22.7 Å². The Kier molecular flexibility index (Phi) is 18.4. The van der Waals surface area contributed by atoms with E-state index in [4.69, 9.17) is 46.4 Å². The Labute approximate surface area is 374 Å². The molecule has 4 aromatic carbocycles. The van der Waals surface area contributed by atoms with Gasteiger partial charge in [0.15, 0.2) is 9.84 Å². The molecule has 0 aliphatic carbocycles. The molecular weight excluding hydrogens is 862 g/mol. The van der Waals surface area contributed by atoms with Crippen LogP contribution in [-0.4, -0.2) is 43.0 Å². The summed E-state index contributed by atoms with van der Waals surface area (Å²) in [7, 11) is -4.46. The van der Waals surface area contributed by atoms with Crippen molar-refractivity contribution >= 4 is 102 Å². The lowest BCUT2D eigenvalue weighted by molar-refractivity contribution is -0.136. The third-order valence-electron chi connectivity index (χ3n) is 10.6. The summed E-state index contributed by atoms with van der Waals surface area (Å²) in [5.74, 6) is -2.04. The van der Waals surface area contributed by atoms with E-state index in [-0.39, 0.29) is 55.2 Å². The van der Waals surface area contributed by atoms with Gasteiger partial charge in [-0.3, -0.25) is 15.0 Å². The zero-order valence-corrected chi connectivity index (χ0v) is 37.8. The van der Waals surface area contributed by atoms with E-state index in [0.717, 1.165) is 29.8 Å². The van der Waals surface area contributed by atoms with Crippen LogP contribution in [0.4, 0.5) is 17.1 Å². The lowest BCUT2D eigenvalue weighted by Crippen LogP contribution is -2.37. The van der Waals surface area contributed by atoms with Crippen LogP contribution in [0.3, 0.4) is 0 Å². The van der Waals surface area contributed by atoms with Gasteiger partial charge in [0.25, 0.3) is 5.91 Å². The van der Waals surface area contributed by atoms with Crippen LogP contribution in [-0.2, 0) is 19.4 Å². The maximum atomic E-state index is 14.6. The number of hydrogen-bond acceptors (Lipinski definition) is 6. The van der Waals surface area contributed by atoms with Crippen molar-refractivity contribution in [3.05, 3.63) is 105 Å². The number of halogens is 4. The number of benzene rings is 4. The highest BCUT2D eigenvalue weighted by Crippen LogP contribution is 2.40. The second-order valence-electron chi connectivity index (χ2n) is 15.2. The summed E-state index contributed by atoms with van der Waals surface area (Å²) in [6.45, 7) is 2.51. The average Bonchev–Trinajstić information content (AvgIpc) is 3.53. The topological polar surface area (TPSA) is 128 Å². The fourth-order valence-corrected chi connectivity index (χ4v) is 10.3. The number of unbranched alkanes of at least 4 members (excludes halogenated alkanes) is 14. The fourth-order valence-electron chi connectivity index (χ4n) is 7.41. The minimum Gasteiger partial charge on any atom is -0.481 e. The molecule has 1 fully saturated rings. The second-order valence-corrected chi connectivity index (χ2v) is 18.9. The van der Waals surface area contributed by atoms with Crippen molar-refractivity contribution in [3.8, 4) is 0 Å². The quantitative estimate of drug-likeness (QED) is 0.0472. The van der Waals surface area contributed by atoms with Crippen molar-refractivity contribution in [2.24, 2.45) is 4.99 Å². The number of amides is 1. The molecule has 0 bridgehead atoms. The predicted molar refractivity (Wildman–Crippen MR) is 249 cm³/mol. The molecule has 0 saturated carbocycles. The predicted octanol–water partition coefficient (Wildman–Crippen LogP) is 13.6. The van der Waals surface area contributed by atoms with Crippen LogP contribution in [0, 0.1) is 0 Å². The highest BCUT2D eigenvalue weighted by molar-refractivity contribution is 7.94. The summed E-state index contributed by atoms with van der Waals surface area (Å²) in [4.78, 5) is 30.6. The molecule has 14 heteroatoms. The fraction of sp³-hybridized carbons (Fsp3) is 0.413. The van der Waals surface area contributed by atoms with Gasteiger partial charge in [-0.15, -0.1) is 0 Å². The van der Waals surface area contributed by atoms with E-state index in [0.29, 0.717) is 16.5 Å². The third kappa shape index (κ3) is 13.1. The minimum atomic E-state index is -4.46. The van der Waals surface area contributed by atoms with Gasteiger partial charge >= 0.3 is 5.97 Å². The lowest BCUT2D eigenvalue weighted by atomic mass is 10.0. The summed E-state index contributed by atoms with van der Waals surface area (Å²) >= 11 is 25.8. The van der Waals surface area contributed by atoms with Gasteiger partial charge in [-0.1, -0.05) is 179 Å². The number of amidine groups is 1. The molecule has 9 nitrogen and oxygen atoms in total. The zero-order chi connectivity index (χ0) is 43.1. The van der Waals surface area contributed by atoms with Crippen LogP contribution in [0.25, 0.3) is 10.8 Å².